The van der Waals surface area contributed by atoms with Gasteiger partial charge < -0.3 is 15.5 Å². The smallest absolute Gasteiger partial charge is 0.147 e. The van der Waals surface area contributed by atoms with Crippen molar-refractivity contribution >= 4 is 11.6 Å². The molecule has 5 heteroatoms. The van der Waals surface area contributed by atoms with E-state index in [9.17, 15) is 0 Å². The molecule has 0 unspecified atom stereocenters. The first-order chi connectivity index (χ1) is 8.38. The highest BCUT2D eigenvalue weighted by Crippen LogP contribution is 2.08. The van der Waals surface area contributed by atoms with Crippen LogP contribution in [0.4, 0.5) is 11.6 Å². The van der Waals surface area contributed by atoms with Gasteiger partial charge in [0.15, 0.2) is 0 Å². The van der Waals surface area contributed by atoms with Crippen molar-refractivity contribution in [3.63, 3.8) is 0 Å². The van der Waals surface area contributed by atoms with E-state index in [2.05, 4.69) is 32.4 Å². The van der Waals surface area contributed by atoms with Gasteiger partial charge in [-0.15, -0.1) is 0 Å². The van der Waals surface area contributed by atoms with Gasteiger partial charge in [0.1, 0.15) is 11.6 Å². The summed E-state index contributed by atoms with van der Waals surface area (Å²) in [5, 5.41) is 6.47. The summed E-state index contributed by atoms with van der Waals surface area (Å²) < 4.78 is 0. The zero-order chi connectivity index (χ0) is 11.9. The Kier molecular flexibility index (Phi) is 4.55. The lowest BCUT2D eigenvalue weighted by molar-refractivity contribution is 0.352. The quantitative estimate of drug-likeness (QED) is 0.781. The Morgan fingerprint density at radius 1 is 1.18 bits per heavy atom. The number of anilines is 2. The number of hydrogen-bond donors (Lipinski definition) is 2. The Balaban J connectivity index is 1.75. The zero-order valence-electron chi connectivity index (χ0n) is 10.4. The molecule has 1 fully saturated rings. The maximum absolute atomic E-state index is 4.42. The van der Waals surface area contributed by atoms with Gasteiger partial charge in [-0.2, -0.15) is 0 Å². The van der Waals surface area contributed by atoms with Crippen molar-refractivity contribution < 1.29 is 0 Å². The van der Waals surface area contributed by atoms with Crippen LogP contribution >= 0.6 is 0 Å². The normalized spacial score (nSPS) is 16.1. The fourth-order valence-corrected chi connectivity index (χ4v) is 2.07. The molecule has 0 atom stereocenters. The third-order valence-electron chi connectivity index (χ3n) is 2.93. The van der Waals surface area contributed by atoms with E-state index in [1.54, 1.807) is 12.4 Å². The Hall–Kier alpha value is -1.36. The zero-order valence-corrected chi connectivity index (χ0v) is 10.4. The van der Waals surface area contributed by atoms with Gasteiger partial charge in [-0.1, -0.05) is 0 Å². The van der Waals surface area contributed by atoms with Crippen molar-refractivity contribution in [1.82, 2.24) is 14.9 Å². The SMILES string of the molecule is CCNc1cncc(NCCN2CCCC2)n1. The molecule has 5 nitrogen and oxygen atoms in total. The van der Waals surface area contributed by atoms with Gasteiger partial charge >= 0.3 is 0 Å². The minimum Gasteiger partial charge on any atom is -0.369 e. The molecular formula is C12H21N5. The van der Waals surface area contributed by atoms with Crippen molar-refractivity contribution in [2.45, 2.75) is 19.8 Å². The summed E-state index contributed by atoms with van der Waals surface area (Å²) in [4.78, 5) is 11.1. The van der Waals surface area contributed by atoms with Gasteiger partial charge in [-0.25, -0.2) is 4.98 Å². The Morgan fingerprint density at radius 3 is 2.59 bits per heavy atom. The molecule has 0 bridgehead atoms. The van der Waals surface area contributed by atoms with E-state index in [1.165, 1.54) is 25.9 Å². The standard InChI is InChI=1S/C12H21N5/c1-2-14-11-9-13-10-12(16-11)15-5-8-17-6-3-4-7-17/h9-10H,2-8H2,1H3,(H2,14,15,16). The van der Waals surface area contributed by atoms with Crippen LogP contribution in [0.25, 0.3) is 0 Å². The first kappa shape index (κ1) is 12.1. The van der Waals surface area contributed by atoms with Crippen LogP contribution in [0.15, 0.2) is 12.4 Å². The van der Waals surface area contributed by atoms with Crippen LogP contribution in [-0.4, -0.2) is 47.6 Å². The lowest BCUT2D eigenvalue weighted by atomic mass is 10.4. The van der Waals surface area contributed by atoms with Crippen LogP contribution in [0.5, 0.6) is 0 Å². The molecule has 0 radical (unpaired) electrons. The van der Waals surface area contributed by atoms with Crippen LogP contribution in [0.1, 0.15) is 19.8 Å². The van der Waals surface area contributed by atoms with E-state index >= 15 is 0 Å². The van der Waals surface area contributed by atoms with Gasteiger partial charge in [0.05, 0.1) is 12.4 Å². The van der Waals surface area contributed by atoms with Crippen LogP contribution in [0.3, 0.4) is 0 Å². The highest BCUT2D eigenvalue weighted by molar-refractivity contribution is 5.41. The second-order valence-corrected chi connectivity index (χ2v) is 4.30. The van der Waals surface area contributed by atoms with Crippen LogP contribution < -0.4 is 10.6 Å². The minimum absolute atomic E-state index is 0.832. The summed E-state index contributed by atoms with van der Waals surface area (Å²) >= 11 is 0. The first-order valence-electron chi connectivity index (χ1n) is 6.40. The molecule has 0 spiro atoms. The molecule has 2 rings (SSSR count). The Bertz CT molecular complexity index is 335. The molecule has 0 aliphatic carbocycles. The molecule has 1 aromatic rings. The molecule has 0 saturated carbocycles. The number of likely N-dealkylation sites (tertiary alicyclic amines) is 1. The minimum atomic E-state index is 0.832. The maximum atomic E-state index is 4.42. The molecule has 1 aliphatic heterocycles. The van der Waals surface area contributed by atoms with Crippen molar-refractivity contribution in [2.75, 3.05) is 43.4 Å². The van der Waals surface area contributed by atoms with Gasteiger partial charge in [0.25, 0.3) is 0 Å². The fourth-order valence-electron chi connectivity index (χ4n) is 2.07. The molecule has 94 valence electrons. The fraction of sp³-hybridized carbons (Fsp3) is 0.667. The van der Waals surface area contributed by atoms with Crippen LogP contribution in [0, 0.1) is 0 Å². The maximum Gasteiger partial charge on any atom is 0.147 e. The monoisotopic (exact) mass is 235 g/mol. The number of nitrogens with one attached hydrogen (secondary N) is 2. The lowest BCUT2D eigenvalue weighted by Gasteiger charge is -2.15. The first-order valence-corrected chi connectivity index (χ1v) is 6.40. The number of hydrogen-bond acceptors (Lipinski definition) is 5. The summed E-state index contributed by atoms with van der Waals surface area (Å²) in [5.41, 5.74) is 0. The van der Waals surface area contributed by atoms with E-state index < -0.39 is 0 Å². The summed E-state index contributed by atoms with van der Waals surface area (Å²) in [6, 6.07) is 0. The van der Waals surface area contributed by atoms with E-state index in [1.807, 2.05) is 0 Å². The van der Waals surface area contributed by atoms with Crippen molar-refractivity contribution in [3.8, 4) is 0 Å². The molecule has 0 aromatic carbocycles. The summed E-state index contributed by atoms with van der Waals surface area (Å²) in [6.07, 6.45) is 6.20. The predicted octanol–water partition coefficient (Wildman–Crippen LogP) is 1.42. The van der Waals surface area contributed by atoms with Gasteiger partial charge in [-0.3, -0.25) is 4.98 Å². The highest BCUT2D eigenvalue weighted by Gasteiger charge is 2.10. The molecule has 2 heterocycles. The van der Waals surface area contributed by atoms with Crippen LogP contribution in [-0.2, 0) is 0 Å². The molecule has 17 heavy (non-hydrogen) atoms. The average Bonchev–Trinajstić information content (AvgIpc) is 2.83. The predicted molar refractivity (Wildman–Crippen MR) is 70.4 cm³/mol. The van der Waals surface area contributed by atoms with E-state index in [0.717, 1.165) is 31.3 Å². The van der Waals surface area contributed by atoms with Gasteiger partial charge in [0.2, 0.25) is 0 Å². The van der Waals surface area contributed by atoms with Crippen molar-refractivity contribution in [1.29, 1.82) is 0 Å². The van der Waals surface area contributed by atoms with E-state index in [4.69, 9.17) is 0 Å². The summed E-state index contributed by atoms with van der Waals surface area (Å²) in [6.45, 7) is 7.42. The molecule has 2 N–H and O–H groups in total. The third kappa shape index (κ3) is 3.85. The van der Waals surface area contributed by atoms with E-state index in [0.29, 0.717) is 0 Å². The average molecular weight is 235 g/mol. The van der Waals surface area contributed by atoms with Crippen LogP contribution in [0.2, 0.25) is 0 Å². The molecule has 0 amide bonds. The number of aromatic nitrogens is 2. The largest absolute Gasteiger partial charge is 0.369 e. The second kappa shape index (κ2) is 6.39. The Labute approximate surface area is 103 Å². The Morgan fingerprint density at radius 2 is 1.88 bits per heavy atom. The van der Waals surface area contributed by atoms with Crippen molar-refractivity contribution in [3.05, 3.63) is 12.4 Å². The lowest BCUT2D eigenvalue weighted by Crippen LogP contribution is -2.26. The molecule has 1 aromatic heterocycles. The second-order valence-electron chi connectivity index (χ2n) is 4.30. The third-order valence-corrected chi connectivity index (χ3v) is 2.93. The number of nitrogens with zero attached hydrogens (tertiary/aromatic N) is 3. The van der Waals surface area contributed by atoms with Gasteiger partial charge in [0, 0.05) is 19.6 Å². The molecule has 1 saturated heterocycles. The van der Waals surface area contributed by atoms with Gasteiger partial charge in [-0.05, 0) is 32.9 Å². The number of rotatable bonds is 6. The van der Waals surface area contributed by atoms with E-state index in [-0.39, 0.29) is 0 Å². The summed E-state index contributed by atoms with van der Waals surface area (Å²) in [5.74, 6) is 1.68. The topological polar surface area (TPSA) is 53.1 Å². The van der Waals surface area contributed by atoms with Crippen molar-refractivity contribution in [2.24, 2.45) is 0 Å². The molecule has 1 aliphatic rings. The molecular weight excluding hydrogens is 214 g/mol. The highest BCUT2D eigenvalue weighted by atomic mass is 15.2. The summed E-state index contributed by atoms with van der Waals surface area (Å²) in [7, 11) is 0.